The topological polar surface area (TPSA) is 169 Å². The number of ether oxygens (including phenoxy) is 2. The van der Waals surface area contributed by atoms with E-state index in [0.717, 1.165) is 38.5 Å². The van der Waals surface area contributed by atoms with Gasteiger partial charge in [0.05, 0.1) is 25.4 Å². The zero-order chi connectivity index (χ0) is 46.0. The fourth-order valence-corrected chi connectivity index (χ4v) is 9.14. The van der Waals surface area contributed by atoms with Crippen LogP contribution in [-0.4, -0.2) is 98.7 Å². The highest BCUT2D eigenvalue weighted by Gasteiger charge is 2.44. The van der Waals surface area contributed by atoms with Crippen molar-refractivity contribution in [1.82, 2.24) is 5.32 Å². The summed E-state index contributed by atoms with van der Waals surface area (Å²) in [5, 5.41) is 65.4. The summed E-state index contributed by atoms with van der Waals surface area (Å²) in [5.74, 6) is -0.251. The second-order valence-electron chi connectivity index (χ2n) is 19.5. The van der Waals surface area contributed by atoms with Gasteiger partial charge < -0.3 is 45.4 Å². The smallest absolute Gasteiger partial charge is 0.220 e. The summed E-state index contributed by atoms with van der Waals surface area (Å²) >= 11 is 0. The van der Waals surface area contributed by atoms with E-state index in [1.165, 1.54) is 205 Å². The summed E-state index contributed by atoms with van der Waals surface area (Å²) < 4.78 is 11.2. The summed E-state index contributed by atoms with van der Waals surface area (Å²) in [6.07, 6.45) is 39.8. The minimum absolute atomic E-state index is 0.251. The maximum absolute atomic E-state index is 13.1. The summed E-state index contributed by atoms with van der Waals surface area (Å²) in [5.41, 5.74) is 0. The molecule has 1 saturated heterocycles. The third kappa shape index (κ3) is 33.3. The van der Waals surface area contributed by atoms with Gasteiger partial charge in [-0.15, -0.1) is 0 Å². The van der Waals surface area contributed by atoms with Crippen LogP contribution in [0, 0.1) is 0 Å². The average molecular weight is 900 g/mol. The molecular weight excluding hydrogens is 795 g/mol. The van der Waals surface area contributed by atoms with Crippen LogP contribution in [0.5, 0.6) is 0 Å². The molecule has 10 heteroatoms. The molecule has 7 N–H and O–H groups in total. The van der Waals surface area contributed by atoms with Crippen LogP contribution in [0.4, 0.5) is 0 Å². The van der Waals surface area contributed by atoms with Crippen LogP contribution in [-0.2, 0) is 14.3 Å². The minimum Gasteiger partial charge on any atom is -0.394 e. The van der Waals surface area contributed by atoms with Crippen molar-refractivity contribution in [2.45, 2.75) is 320 Å². The molecule has 0 aliphatic carbocycles. The Morgan fingerprint density at radius 3 is 1.17 bits per heavy atom. The van der Waals surface area contributed by atoms with Gasteiger partial charge in [0.15, 0.2) is 6.29 Å². The van der Waals surface area contributed by atoms with Crippen molar-refractivity contribution in [3.8, 4) is 0 Å². The number of amides is 1. The van der Waals surface area contributed by atoms with Gasteiger partial charge in [-0.1, -0.05) is 251 Å². The minimum atomic E-state index is -1.60. The van der Waals surface area contributed by atoms with Gasteiger partial charge in [-0.2, -0.15) is 0 Å². The Labute approximate surface area is 387 Å². The van der Waals surface area contributed by atoms with Crippen LogP contribution < -0.4 is 5.32 Å². The number of aliphatic hydroxyl groups is 6. The molecule has 1 rings (SSSR count). The summed E-state index contributed by atoms with van der Waals surface area (Å²) in [6.45, 7) is 3.64. The van der Waals surface area contributed by atoms with Gasteiger partial charge in [0.25, 0.3) is 0 Å². The zero-order valence-corrected chi connectivity index (χ0v) is 41.2. The molecule has 10 nitrogen and oxygen atoms in total. The van der Waals surface area contributed by atoms with E-state index in [2.05, 4.69) is 19.2 Å². The molecule has 0 aromatic heterocycles. The van der Waals surface area contributed by atoms with Crippen molar-refractivity contribution in [2.24, 2.45) is 0 Å². The molecule has 63 heavy (non-hydrogen) atoms. The molecular formula is C53H105NO9. The highest BCUT2D eigenvalue weighted by atomic mass is 16.7. The number of nitrogens with one attached hydrogen (secondary N) is 1. The Bertz CT molecular complexity index is 973. The number of hydrogen-bond acceptors (Lipinski definition) is 9. The van der Waals surface area contributed by atoms with Crippen molar-refractivity contribution < 1.29 is 44.9 Å². The van der Waals surface area contributed by atoms with Crippen LogP contribution in [0.3, 0.4) is 0 Å². The highest BCUT2D eigenvalue weighted by molar-refractivity contribution is 5.76. The molecule has 0 bridgehead atoms. The van der Waals surface area contributed by atoms with Gasteiger partial charge in [0.1, 0.15) is 30.5 Å². The Kier molecular flexibility index (Phi) is 41.7. The third-order valence-electron chi connectivity index (χ3n) is 13.6. The van der Waals surface area contributed by atoms with Gasteiger partial charge in [0, 0.05) is 6.42 Å². The molecule has 1 heterocycles. The molecule has 376 valence electrons. The first-order valence-corrected chi connectivity index (χ1v) is 27.3. The van der Waals surface area contributed by atoms with Crippen LogP contribution in [0.25, 0.3) is 0 Å². The number of unbranched alkanes of at least 4 members (excludes halogenated alkanes) is 36. The van der Waals surface area contributed by atoms with Crippen LogP contribution >= 0.6 is 0 Å². The van der Waals surface area contributed by atoms with E-state index in [4.69, 9.17) is 9.47 Å². The maximum atomic E-state index is 13.1. The van der Waals surface area contributed by atoms with E-state index < -0.39 is 55.6 Å². The molecule has 2 unspecified atom stereocenters. The standard InChI is InChI=1S/C53H105NO9/c1-3-5-7-9-11-13-15-17-18-19-20-21-22-23-24-25-26-27-28-30-32-34-36-38-40-42-48(57)54-45(44-62-53-52(61)51(60)50(59)47(43-55)63-53)49(58)46(56)41-39-37-35-33-31-29-16-14-12-10-8-6-4-2/h45-47,49-53,55-56,58-61H,3-44H2,1-2H3,(H,54,57)/t45-,46+,47+,49-,50+,51?,52?,53+/m0/s1. The summed E-state index contributed by atoms with van der Waals surface area (Å²) in [7, 11) is 0. The second-order valence-corrected chi connectivity index (χ2v) is 19.5. The van der Waals surface area contributed by atoms with Crippen molar-refractivity contribution in [1.29, 1.82) is 0 Å². The average Bonchev–Trinajstić information content (AvgIpc) is 3.28. The van der Waals surface area contributed by atoms with E-state index in [1.54, 1.807) is 0 Å². The quantitative estimate of drug-likeness (QED) is 0.0294. The van der Waals surface area contributed by atoms with Crippen molar-refractivity contribution in [3.63, 3.8) is 0 Å². The van der Waals surface area contributed by atoms with Gasteiger partial charge in [-0.25, -0.2) is 0 Å². The third-order valence-corrected chi connectivity index (χ3v) is 13.6. The first kappa shape index (κ1) is 60.2. The first-order chi connectivity index (χ1) is 30.8. The van der Waals surface area contributed by atoms with Crippen molar-refractivity contribution >= 4 is 5.91 Å². The second kappa shape index (κ2) is 43.7. The normalized spacial score (nSPS) is 20.5. The van der Waals surface area contributed by atoms with Gasteiger partial charge >= 0.3 is 0 Å². The predicted molar refractivity (Wildman–Crippen MR) is 260 cm³/mol. The van der Waals surface area contributed by atoms with Crippen LogP contribution in [0.1, 0.15) is 271 Å². The fourth-order valence-electron chi connectivity index (χ4n) is 9.14. The number of aliphatic hydroxyl groups excluding tert-OH is 6. The van der Waals surface area contributed by atoms with E-state index in [-0.39, 0.29) is 18.9 Å². The fraction of sp³-hybridized carbons (Fsp3) is 0.981. The molecule has 0 aromatic rings. The summed E-state index contributed by atoms with van der Waals surface area (Å²) in [4.78, 5) is 13.1. The van der Waals surface area contributed by atoms with Crippen LogP contribution in [0.2, 0.25) is 0 Å². The molecule has 0 spiro atoms. The lowest BCUT2D eigenvalue weighted by Crippen LogP contribution is -2.60. The largest absolute Gasteiger partial charge is 0.394 e. The van der Waals surface area contributed by atoms with E-state index in [1.807, 2.05) is 0 Å². The molecule has 8 atom stereocenters. The molecule has 1 fully saturated rings. The van der Waals surface area contributed by atoms with Gasteiger partial charge in [-0.3, -0.25) is 4.79 Å². The van der Waals surface area contributed by atoms with E-state index in [0.29, 0.717) is 6.42 Å². The highest BCUT2D eigenvalue weighted by Crippen LogP contribution is 2.23. The molecule has 1 aliphatic heterocycles. The predicted octanol–water partition coefficient (Wildman–Crippen LogP) is 11.7. The number of carbonyl (C=O) groups excluding carboxylic acids is 1. The first-order valence-electron chi connectivity index (χ1n) is 27.3. The van der Waals surface area contributed by atoms with Gasteiger partial charge in [-0.05, 0) is 12.8 Å². The Balaban J connectivity index is 2.23. The van der Waals surface area contributed by atoms with E-state index >= 15 is 0 Å². The molecule has 1 amide bonds. The lowest BCUT2D eigenvalue weighted by molar-refractivity contribution is -0.303. The van der Waals surface area contributed by atoms with Crippen LogP contribution in [0.15, 0.2) is 0 Å². The Morgan fingerprint density at radius 1 is 0.492 bits per heavy atom. The lowest BCUT2D eigenvalue weighted by Gasteiger charge is -2.40. The molecule has 0 radical (unpaired) electrons. The monoisotopic (exact) mass is 900 g/mol. The van der Waals surface area contributed by atoms with Crippen molar-refractivity contribution in [2.75, 3.05) is 13.2 Å². The Morgan fingerprint density at radius 2 is 0.825 bits per heavy atom. The Hall–Kier alpha value is -0.850. The number of carbonyl (C=O) groups is 1. The maximum Gasteiger partial charge on any atom is 0.220 e. The number of hydrogen-bond donors (Lipinski definition) is 7. The molecule has 0 saturated carbocycles. The SMILES string of the molecule is CCCCCCCCCCCCCCCCCCCCCCCCCCCC(=O)N[C@@H](CO[C@@H]1O[C@H](CO)[C@@H](O)C(O)C1O)[C@H](O)[C@H](O)CCCCCCCCCCCCCCC. The van der Waals surface area contributed by atoms with E-state index in [9.17, 15) is 35.4 Å². The van der Waals surface area contributed by atoms with Crippen molar-refractivity contribution in [3.05, 3.63) is 0 Å². The zero-order valence-electron chi connectivity index (χ0n) is 41.2. The van der Waals surface area contributed by atoms with Gasteiger partial charge in [0.2, 0.25) is 5.91 Å². The summed E-state index contributed by atoms with van der Waals surface area (Å²) in [6, 6.07) is -0.985. The number of rotatable bonds is 47. The molecule has 0 aromatic carbocycles. The lowest BCUT2D eigenvalue weighted by atomic mass is 9.98. The molecule has 1 aliphatic rings.